The van der Waals surface area contributed by atoms with E-state index in [2.05, 4.69) is 15.4 Å². The molecule has 0 unspecified atom stereocenters. The Bertz CT molecular complexity index is 1190. The van der Waals surface area contributed by atoms with Crippen molar-refractivity contribution < 1.29 is 14.1 Å². The number of rotatable bonds is 3. The minimum atomic E-state index is -0.129. The number of hydrogen-bond acceptors (Lipinski definition) is 5. The Kier molecular flexibility index (Phi) is 3.82. The van der Waals surface area contributed by atoms with Gasteiger partial charge < -0.3 is 14.3 Å². The molecule has 0 spiro atoms. The second-order valence-electron chi connectivity index (χ2n) is 6.80. The number of nitrogens with zero attached hydrogens (tertiary/aromatic N) is 4. The smallest absolute Gasteiger partial charge is 0.246 e. The first-order valence-corrected chi connectivity index (χ1v) is 9.03. The SMILES string of the molecule is O=C(Cc1noc2ccccc12)N1CCN(c2ccc3cn[nH]c3c2)C(=O)C1. The van der Waals surface area contributed by atoms with Crippen LogP contribution in [0.3, 0.4) is 0 Å². The molecule has 28 heavy (non-hydrogen) atoms. The van der Waals surface area contributed by atoms with Gasteiger partial charge in [-0.3, -0.25) is 14.7 Å². The van der Waals surface area contributed by atoms with Crippen LogP contribution in [0.2, 0.25) is 0 Å². The summed E-state index contributed by atoms with van der Waals surface area (Å²) in [7, 11) is 0. The van der Waals surface area contributed by atoms with Gasteiger partial charge in [0.05, 0.1) is 18.1 Å². The maximum atomic E-state index is 12.7. The van der Waals surface area contributed by atoms with Crippen molar-refractivity contribution in [2.24, 2.45) is 0 Å². The van der Waals surface area contributed by atoms with E-state index in [1.165, 1.54) is 0 Å². The molecule has 5 rings (SSSR count). The van der Waals surface area contributed by atoms with Crippen LogP contribution in [-0.4, -0.2) is 51.7 Å². The molecule has 2 amide bonds. The van der Waals surface area contributed by atoms with E-state index in [0.29, 0.717) is 24.4 Å². The van der Waals surface area contributed by atoms with Crippen molar-refractivity contribution in [1.29, 1.82) is 0 Å². The van der Waals surface area contributed by atoms with Crippen molar-refractivity contribution in [2.75, 3.05) is 24.5 Å². The number of amides is 2. The summed E-state index contributed by atoms with van der Waals surface area (Å²) in [5, 5.41) is 12.7. The predicted octanol–water partition coefficient (Wildman–Crippen LogP) is 2.12. The Balaban J connectivity index is 1.29. The number of aromatic amines is 1. The highest BCUT2D eigenvalue weighted by Crippen LogP contribution is 2.23. The highest BCUT2D eigenvalue weighted by Gasteiger charge is 2.29. The van der Waals surface area contributed by atoms with Crippen LogP contribution in [-0.2, 0) is 16.0 Å². The number of fused-ring (bicyclic) bond motifs is 2. The number of nitrogens with one attached hydrogen (secondary N) is 1. The normalized spacial score (nSPS) is 14.9. The topological polar surface area (TPSA) is 95.3 Å². The third kappa shape index (κ3) is 2.79. The van der Waals surface area contributed by atoms with Gasteiger partial charge >= 0.3 is 0 Å². The van der Waals surface area contributed by atoms with Crippen molar-refractivity contribution in [3.8, 4) is 0 Å². The molecule has 0 saturated carbocycles. The van der Waals surface area contributed by atoms with Crippen LogP contribution < -0.4 is 4.90 Å². The molecular weight excluding hydrogens is 358 g/mol. The van der Waals surface area contributed by atoms with Crippen molar-refractivity contribution in [3.05, 3.63) is 54.4 Å². The van der Waals surface area contributed by atoms with E-state index < -0.39 is 0 Å². The fourth-order valence-corrected chi connectivity index (χ4v) is 3.57. The second kappa shape index (κ2) is 6.49. The number of carbonyl (C=O) groups is 2. The van der Waals surface area contributed by atoms with E-state index in [1.807, 2.05) is 42.5 Å². The summed E-state index contributed by atoms with van der Waals surface area (Å²) in [6.45, 7) is 0.973. The number of H-pyrrole nitrogens is 1. The lowest BCUT2D eigenvalue weighted by Gasteiger charge is -2.34. The van der Waals surface area contributed by atoms with E-state index in [4.69, 9.17) is 4.52 Å². The molecule has 1 N–H and O–H groups in total. The Morgan fingerprint density at radius 3 is 2.96 bits per heavy atom. The molecule has 2 aromatic carbocycles. The highest BCUT2D eigenvalue weighted by molar-refractivity contribution is 5.99. The highest BCUT2D eigenvalue weighted by atomic mass is 16.5. The van der Waals surface area contributed by atoms with Gasteiger partial charge in [-0.25, -0.2) is 0 Å². The van der Waals surface area contributed by atoms with Crippen LogP contribution in [0, 0.1) is 0 Å². The van der Waals surface area contributed by atoms with Crippen LogP contribution in [0.25, 0.3) is 21.9 Å². The number of piperazine rings is 1. The van der Waals surface area contributed by atoms with Gasteiger partial charge in [0.2, 0.25) is 11.8 Å². The molecule has 0 aliphatic carbocycles. The summed E-state index contributed by atoms with van der Waals surface area (Å²) >= 11 is 0. The molecule has 0 atom stereocenters. The molecule has 1 fully saturated rings. The number of para-hydroxylation sites is 1. The van der Waals surface area contributed by atoms with Gasteiger partial charge in [-0.2, -0.15) is 5.10 Å². The van der Waals surface area contributed by atoms with Crippen LogP contribution in [0.1, 0.15) is 5.69 Å². The van der Waals surface area contributed by atoms with Crippen LogP contribution in [0.15, 0.2) is 53.2 Å². The molecule has 4 aromatic rings. The first kappa shape index (κ1) is 16.5. The molecule has 8 nitrogen and oxygen atoms in total. The number of benzene rings is 2. The van der Waals surface area contributed by atoms with Gasteiger partial charge in [-0.05, 0) is 30.3 Å². The number of anilines is 1. The number of carbonyl (C=O) groups excluding carboxylic acids is 2. The van der Waals surface area contributed by atoms with Gasteiger partial charge in [0.25, 0.3) is 0 Å². The summed E-state index contributed by atoms with van der Waals surface area (Å²) in [5.41, 5.74) is 2.93. The van der Waals surface area contributed by atoms with Crippen LogP contribution in [0.5, 0.6) is 0 Å². The first-order valence-electron chi connectivity index (χ1n) is 9.03. The molecule has 1 saturated heterocycles. The van der Waals surface area contributed by atoms with Gasteiger partial charge in [0, 0.05) is 29.5 Å². The van der Waals surface area contributed by atoms with Gasteiger partial charge in [0.1, 0.15) is 12.2 Å². The zero-order valence-corrected chi connectivity index (χ0v) is 15.0. The maximum Gasteiger partial charge on any atom is 0.246 e. The van der Waals surface area contributed by atoms with Crippen molar-refractivity contribution in [3.63, 3.8) is 0 Å². The third-order valence-electron chi connectivity index (χ3n) is 5.08. The van der Waals surface area contributed by atoms with E-state index in [0.717, 1.165) is 22.0 Å². The Hall–Kier alpha value is -3.68. The Labute approximate surface area is 159 Å². The van der Waals surface area contributed by atoms with Crippen molar-refractivity contribution in [1.82, 2.24) is 20.3 Å². The quantitative estimate of drug-likeness (QED) is 0.592. The van der Waals surface area contributed by atoms with E-state index in [-0.39, 0.29) is 24.8 Å². The molecule has 3 heterocycles. The molecular formula is C20H17N5O3. The molecule has 8 heteroatoms. The van der Waals surface area contributed by atoms with Crippen LogP contribution in [0.4, 0.5) is 5.69 Å². The predicted molar refractivity (Wildman–Crippen MR) is 103 cm³/mol. The summed E-state index contributed by atoms with van der Waals surface area (Å²) in [6.07, 6.45) is 1.86. The average molecular weight is 375 g/mol. The molecule has 1 aliphatic heterocycles. The van der Waals surface area contributed by atoms with Gasteiger partial charge in [0.15, 0.2) is 5.58 Å². The lowest BCUT2D eigenvalue weighted by atomic mass is 10.1. The minimum absolute atomic E-state index is 0.0512. The van der Waals surface area contributed by atoms with Crippen molar-refractivity contribution >= 4 is 39.4 Å². The molecule has 2 aromatic heterocycles. The zero-order valence-electron chi connectivity index (χ0n) is 15.0. The third-order valence-corrected chi connectivity index (χ3v) is 5.08. The summed E-state index contributed by atoms with van der Waals surface area (Å²) < 4.78 is 5.26. The van der Waals surface area contributed by atoms with Crippen molar-refractivity contribution in [2.45, 2.75) is 6.42 Å². The summed E-state index contributed by atoms with van der Waals surface area (Å²) in [5.74, 6) is -0.237. The lowest BCUT2D eigenvalue weighted by molar-refractivity contribution is -0.136. The monoisotopic (exact) mass is 375 g/mol. The maximum absolute atomic E-state index is 12.7. The minimum Gasteiger partial charge on any atom is -0.356 e. The standard InChI is InChI=1S/C20H17N5O3/c26-19(10-17-15-3-1-2-4-18(15)28-23-17)24-7-8-25(20(27)12-24)14-6-5-13-11-21-22-16(13)9-14/h1-6,9,11H,7-8,10,12H2,(H,21,22). The Morgan fingerprint density at radius 2 is 2.07 bits per heavy atom. The van der Waals surface area contributed by atoms with Crippen LogP contribution >= 0.6 is 0 Å². The Morgan fingerprint density at radius 1 is 1.18 bits per heavy atom. The summed E-state index contributed by atoms with van der Waals surface area (Å²) in [4.78, 5) is 28.7. The number of aromatic nitrogens is 3. The molecule has 1 aliphatic rings. The van der Waals surface area contributed by atoms with E-state index >= 15 is 0 Å². The second-order valence-corrected chi connectivity index (χ2v) is 6.80. The fourth-order valence-electron chi connectivity index (χ4n) is 3.57. The average Bonchev–Trinajstić information content (AvgIpc) is 3.34. The number of hydrogen-bond donors (Lipinski definition) is 1. The molecule has 0 bridgehead atoms. The molecule has 140 valence electrons. The zero-order chi connectivity index (χ0) is 19.1. The van der Waals surface area contributed by atoms with Gasteiger partial charge in [-0.1, -0.05) is 17.3 Å². The lowest BCUT2D eigenvalue weighted by Crippen LogP contribution is -2.52. The van der Waals surface area contributed by atoms with E-state index in [1.54, 1.807) is 16.0 Å². The van der Waals surface area contributed by atoms with E-state index in [9.17, 15) is 9.59 Å². The molecule has 0 radical (unpaired) electrons. The van der Waals surface area contributed by atoms with Gasteiger partial charge in [-0.15, -0.1) is 0 Å². The first-order chi connectivity index (χ1) is 13.7. The summed E-state index contributed by atoms with van der Waals surface area (Å²) in [6, 6.07) is 13.2. The largest absolute Gasteiger partial charge is 0.356 e. The fraction of sp³-hybridized carbons (Fsp3) is 0.200.